The highest BCUT2D eigenvalue weighted by Crippen LogP contribution is 2.41. The fourth-order valence-electron chi connectivity index (χ4n) is 3.29. The maximum atomic E-state index is 12.6. The van der Waals surface area contributed by atoms with E-state index < -0.39 is 12.1 Å². The first-order valence-electron chi connectivity index (χ1n) is 7.24. The van der Waals surface area contributed by atoms with Crippen LogP contribution in [0.15, 0.2) is 0 Å². The summed E-state index contributed by atoms with van der Waals surface area (Å²) in [5.41, 5.74) is 0. The van der Waals surface area contributed by atoms with Gasteiger partial charge in [-0.15, -0.1) is 0 Å². The van der Waals surface area contributed by atoms with Gasteiger partial charge in [0.1, 0.15) is 0 Å². The van der Waals surface area contributed by atoms with Crippen molar-refractivity contribution in [1.29, 1.82) is 0 Å². The van der Waals surface area contributed by atoms with Crippen molar-refractivity contribution in [2.45, 2.75) is 63.6 Å². The van der Waals surface area contributed by atoms with Crippen LogP contribution in [0.5, 0.6) is 0 Å². The largest absolute Gasteiger partial charge is 0.391 e. The zero-order valence-corrected chi connectivity index (χ0v) is 11.1. The Hall–Kier alpha value is -0.250. The van der Waals surface area contributed by atoms with Gasteiger partial charge in [-0.25, -0.2) is 0 Å². The fourth-order valence-corrected chi connectivity index (χ4v) is 3.29. The van der Waals surface area contributed by atoms with Gasteiger partial charge in [0, 0.05) is 6.04 Å². The molecule has 1 N–H and O–H groups in total. The second-order valence-corrected chi connectivity index (χ2v) is 6.07. The minimum absolute atomic E-state index is 0.329. The Morgan fingerprint density at radius 3 is 2.11 bits per heavy atom. The standard InChI is InChI=1S/C14H24F3N/c1-18-13(9-4-10-2-3-10)11-5-7-12(8-6-11)14(15,16)17/h10-13,18H,2-9H2,1H3. The van der Waals surface area contributed by atoms with Crippen LogP contribution in [0.2, 0.25) is 0 Å². The van der Waals surface area contributed by atoms with Crippen molar-refractivity contribution in [2.24, 2.45) is 17.8 Å². The predicted molar refractivity (Wildman–Crippen MR) is 66.3 cm³/mol. The highest BCUT2D eigenvalue weighted by molar-refractivity contribution is 4.85. The van der Waals surface area contributed by atoms with E-state index >= 15 is 0 Å². The molecule has 0 bridgehead atoms. The molecule has 0 aromatic carbocycles. The van der Waals surface area contributed by atoms with E-state index in [9.17, 15) is 13.2 Å². The second-order valence-electron chi connectivity index (χ2n) is 6.07. The first-order chi connectivity index (χ1) is 8.50. The number of rotatable bonds is 5. The molecule has 0 spiro atoms. The molecule has 2 fully saturated rings. The van der Waals surface area contributed by atoms with Crippen LogP contribution < -0.4 is 5.32 Å². The van der Waals surface area contributed by atoms with E-state index in [-0.39, 0.29) is 0 Å². The SMILES string of the molecule is CNC(CCC1CC1)C1CCC(C(F)(F)F)CC1. The Bertz CT molecular complexity index is 252. The molecular weight excluding hydrogens is 239 g/mol. The maximum Gasteiger partial charge on any atom is 0.391 e. The van der Waals surface area contributed by atoms with Crippen LogP contribution in [0.1, 0.15) is 51.4 Å². The third-order valence-corrected chi connectivity index (χ3v) is 4.76. The summed E-state index contributed by atoms with van der Waals surface area (Å²) < 4.78 is 37.8. The molecule has 0 radical (unpaired) electrons. The van der Waals surface area contributed by atoms with Gasteiger partial charge in [0.25, 0.3) is 0 Å². The molecule has 106 valence electrons. The molecule has 2 aliphatic rings. The average Bonchev–Trinajstić information content (AvgIpc) is 3.13. The Morgan fingerprint density at radius 2 is 1.67 bits per heavy atom. The molecule has 2 saturated carbocycles. The Kier molecular flexibility index (Phi) is 4.57. The van der Waals surface area contributed by atoms with Gasteiger partial charge in [-0.3, -0.25) is 0 Å². The summed E-state index contributed by atoms with van der Waals surface area (Å²) in [7, 11) is 1.95. The second kappa shape index (κ2) is 5.81. The summed E-state index contributed by atoms with van der Waals surface area (Å²) in [4.78, 5) is 0. The van der Waals surface area contributed by atoms with Crippen LogP contribution >= 0.6 is 0 Å². The number of alkyl halides is 3. The first-order valence-corrected chi connectivity index (χ1v) is 7.24. The van der Waals surface area contributed by atoms with E-state index in [1.807, 2.05) is 7.05 Å². The van der Waals surface area contributed by atoms with Gasteiger partial charge >= 0.3 is 6.18 Å². The summed E-state index contributed by atoms with van der Waals surface area (Å²) >= 11 is 0. The van der Waals surface area contributed by atoms with Gasteiger partial charge in [0.05, 0.1) is 5.92 Å². The third-order valence-electron chi connectivity index (χ3n) is 4.76. The molecule has 2 rings (SSSR count). The monoisotopic (exact) mass is 263 g/mol. The summed E-state index contributed by atoms with van der Waals surface area (Å²) in [6, 6.07) is 0.430. The van der Waals surface area contributed by atoms with Crippen LogP contribution in [-0.2, 0) is 0 Å². The van der Waals surface area contributed by atoms with E-state index in [1.54, 1.807) is 0 Å². The van der Waals surface area contributed by atoms with Gasteiger partial charge in [0.2, 0.25) is 0 Å². The summed E-state index contributed by atoms with van der Waals surface area (Å²) in [5, 5.41) is 3.33. The predicted octanol–water partition coefficient (Wildman–Crippen LogP) is 4.13. The number of halogens is 3. The van der Waals surface area contributed by atoms with E-state index in [4.69, 9.17) is 0 Å². The van der Waals surface area contributed by atoms with Crippen LogP contribution in [0.25, 0.3) is 0 Å². The van der Waals surface area contributed by atoms with Crippen LogP contribution in [0, 0.1) is 17.8 Å². The summed E-state index contributed by atoms with van der Waals surface area (Å²) in [6.07, 6.45) is 3.27. The van der Waals surface area contributed by atoms with Crippen LogP contribution in [-0.4, -0.2) is 19.3 Å². The van der Waals surface area contributed by atoms with E-state index in [1.165, 1.54) is 19.3 Å². The number of nitrogens with one attached hydrogen (secondary N) is 1. The lowest BCUT2D eigenvalue weighted by Crippen LogP contribution is -2.38. The van der Waals surface area contributed by atoms with Gasteiger partial charge in [-0.1, -0.05) is 12.8 Å². The van der Waals surface area contributed by atoms with Crippen molar-refractivity contribution in [3.8, 4) is 0 Å². The van der Waals surface area contributed by atoms with Crippen molar-refractivity contribution < 1.29 is 13.2 Å². The highest BCUT2D eigenvalue weighted by Gasteiger charge is 2.42. The topological polar surface area (TPSA) is 12.0 Å². The van der Waals surface area contributed by atoms with E-state index in [0.29, 0.717) is 24.8 Å². The third kappa shape index (κ3) is 3.87. The van der Waals surface area contributed by atoms with Gasteiger partial charge < -0.3 is 5.32 Å². The Morgan fingerprint density at radius 1 is 1.06 bits per heavy atom. The smallest absolute Gasteiger partial charge is 0.317 e. The molecule has 0 aromatic heterocycles. The zero-order chi connectivity index (χ0) is 13.2. The van der Waals surface area contributed by atoms with Gasteiger partial charge in [-0.05, 0) is 57.4 Å². The quantitative estimate of drug-likeness (QED) is 0.786. The van der Waals surface area contributed by atoms with Crippen molar-refractivity contribution in [3.05, 3.63) is 0 Å². The average molecular weight is 263 g/mol. The van der Waals surface area contributed by atoms with E-state index in [0.717, 1.165) is 25.2 Å². The summed E-state index contributed by atoms with van der Waals surface area (Å²) in [6.45, 7) is 0. The molecule has 0 saturated heterocycles. The molecule has 0 heterocycles. The number of hydrogen-bond acceptors (Lipinski definition) is 1. The lowest BCUT2D eigenvalue weighted by molar-refractivity contribution is -0.184. The fraction of sp³-hybridized carbons (Fsp3) is 1.00. The molecule has 1 unspecified atom stereocenters. The Labute approximate surface area is 108 Å². The van der Waals surface area contributed by atoms with Gasteiger partial charge in [-0.2, -0.15) is 13.2 Å². The normalized spacial score (nSPS) is 31.3. The highest BCUT2D eigenvalue weighted by atomic mass is 19.4. The molecule has 1 atom stereocenters. The van der Waals surface area contributed by atoms with Crippen molar-refractivity contribution in [1.82, 2.24) is 5.32 Å². The zero-order valence-electron chi connectivity index (χ0n) is 11.1. The first kappa shape index (κ1) is 14.2. The van der Waals surface area contributed by atoms with Crippen molar-refractivity contribution >= 4 is 0 Å². The molecule has 0 amide bonds. The van der Waals surface area contributed by atoms with Crippen molar-refractivity contribution in [2.75, 3.05) is 7.05 Å². The molecular formula is C14H24F3N. The molecule has 0 aliphatic heterocycles. The van der Waals surface area contributed by atoms with Gasteiger partial charge in [0.15, 0.2) is 0 Å². The molecule has 2 aliphatic carbocycles. The minimum atomic E-state index is -3.98. The molecule has 4 heteroatoms. The maximum absolute atomic E-state index is 12.6. The summed E-state index contributed by atoms with van der Waals surface area (Å²) in [5.74, 6) is 0.314. The lowest BCUT2D eigenvalue weighted by atomic mass is 9.77. The Balaban J connectivity index is 1.75. The number of hydrogen-bond donors (Lipinski definition) is 1. The van der Waals surface area contributed by atoms with Crippen molar-refractivity contribution in [3.63, 3.8) is 0 Å². The minimum Gasteiger partial charge on any atom is -0.317 e. The molecule has 0 aromatic rings. The van der Waals surface area contributed by atoms with E-state index in [2.05, 4.69) is 5.32 Å². The molecule has 18 heavy (non-hydrogen) atoms. The van der Waals surface area contributed by atoms with Crippen LogP contribution in [0.4, 0.5) is 13.2 Å². The lowest BCUT2D eigenvalue weighted by Gasteiger charge is -2.34. The van der Waals surface area contributed by atoms with Crippen LogP contribution in [0.3, 0.4) is 0 Å². The molecule has 1 nitrogen and oxygen atoms in total.